The van der Waals surface area contributed by atoms with E-state index < -0.39 is 0 Å². The van der Waals surface area contributed by atoms with E-state index in [4.69, 9.17) is 4.74 Å². The summed E-state index contributed by atoms with van der Waals surface area (Å²) in [4.78, 5) is 16.4. The SMILES string of the molecule is COc1ccc(C)cc1NC(=O)CSCc1csc(C)n1. The summed E-state index contributed by atoms with van der Waals surface area (Å²) in [6.45, 7) is 3.96. The molecule has 1 N–H and O–H groups in total. The van der Waals surface area contributed by atoms with Crippen LogP contribution in [0.25, 0.3) is 0 Å². The second-order valence-corrected chi connectivity index (χ2v) is 6.65. The molecule has 1 heterocycles. The van der Waals surface area contributed by atoms with E-state index in [1.165, 1.54) is 0 Å². The van der Waals surface area contributed by atoms with Crippen LogP contribution >= 0.6 is 23.1 Å². The molecule has 0 atom stereocenters. The van der Waals surface area contributed by atoms with Crippen LogP contribution in [0.4, 0.5) is 5.69 Å². The predicted octanol–water partition coefficient (Wildman–Crippen LogP) is 3.64. The van der Waals surface area contributed by atoms with E-state index in [0.29, 0.717) is 17.2 Å². The number of aryl methyl sites for hydroxylation is 2. The first-order valence-corrected chi connectivity index (χ1v) is 8.55. The minimum Gasteiger partial charge on any atom is -0.495 e. The van der Waals surface area contributed by atoms with Gasteiger partial charge in [-0.2, -0.15) is 0 Å². The third-order valence-electron chi connectivity index (χ3n) is 2.78. The maximum Gasteiger partial charge on any atom is 0.234 e. The van der Waals surface area contributed by atoms with Crippen LogP contribution in [0, 0.1) is 13.8 Å². The van der Waals surface area contributed by atoms with Gasteiger partial charge in [0.2, 0.25) is 5.91 Å². The molecule has 0 spiro atoms. The van der Waals surface area contributed by atoms with Gasteiger partial charge in [0.1, 0.15) is 5.75 Å². The molecule has 0 fully saturated rings. The fourth-order valence-electron chi connectivity index (χ4n) is 1.83. The molecule has 2 rings (SSSR count). The number of nitrogens with one attached hydrogen (secondary N) is 1. The van der Waals surface area contributed by atoms with E-state index in [2.05, 4.69) is 10.3 Å². The summed E-state index contributed by atoms with van der Waals surface area (Å²) in [7, 11) is 1.60. The van der Waals surface area contributed by atoms with Gasteiger partial charge in [0.15, 0.2) is 0 Å². The Bertz CT molecular complexity index is 626. The van der Waals surface area contributed by atoms with Gasteiger partial charge in [-0.05, 0) is 31.5 Å². The molecule has 6 heteroatoms. The topological polar surface area (TPSA) is 51.2 Å². The Kier molecular flexibility index (Phi) is 5.64. The Balaban J connectivity index is 1.85. The van der Waals surface area contributed by atoms with Crippen molar-refractivity contribution in [1.82, 2.24) is 4.98 Å². The van der Waals surface area contributed by atoms with E-state index in [1.54, 1.807) is 30.2 Å². The largest absolute Gasteiger partial charge is 0.495 e. The molecule has 21 heavy (non-hydrogen) atoms. The second-order valence-electron chi connectivity index (χ2n) is 4.60. The fourth-order valence-corrected chi connectivity index (χ4v) is 3.26. The second kappa shape index (κ2) is 7.47. The highest BCUT2D eigenvalue weighted by molar-refractivity contribution is 7.99. The zero-order valence-corrected chi connectivity index (χ0v) is 13.9. The number of hydrogen-bond donors (Lipinski definition) is 1. The number of carbonyl (C=O) groups is 1. The van der Waals surface area contributed by atoms with Crippen molar-refractivity contribution in [3.05, 3.63) is 39.8 Å². The molecular weight excluding hydrogens is 304 g/mol. The molecule has 0 bridgehead atoms. The van der Waals surface area contributed by atoms with Gasteiger partial charge in [-0.15, -0.1) is 23.1 Å². The maximum absolute atomic E-state index is 12.0. The van der Waals surface area contributed by atoms with Gasteiger partial charge in [-0.1, -0.05) is 6.07 Å². The van der Waals surface area contributed by atoms with Crippen molar-refractivity contribution in [2.75, 3.05) is 18.2 Å². The highest BCUT2D eigenvalue weighted by atomic mass is 32.2. The van der Waals surface area contributed by atoms with Crippen molar-refractivity contribution in [2.45, 2.75) is 19.6 Å². The Morgan fingerprint density at radius 2 is 2.24 bits per heavy atom. The number of benzene rings is 1. The average Bonchev–Trinajstić information content (AvgIpc) is 2.85. The molecule has 0 radical (unpaired) electrons. The quantitative estimate of drug-likeness (QED) is 0.882. The minimum atomic E-state index is -0.0316. The van der Waals surface area contributed by atoms with Crippen LogP contribution in [0.3, 0.4) is 0 Å². The number of thiazole rings is 1. The van der Waals surface area contributed by atoms with Crippen molar-refractivity contribution in [3.8, 4) is 5.75 Å². The van der Waals surface area contributed by atoms with Crippen LogP contribution in [-0.4, -0.2) is 23.8 Å². The first-order chi connectivity index (χ1) is 10.1. The van der Waals surface area contributed by atoms with Crippen molar-refractivity contribution in [3.63, 3.8) is 0 Å². The number of methoxy groups -OCH3 is 1. The molecular formula is C15H18N2O2S2. The lowest BCUT2D eigenvalue weighted by Crippen LogP contribution is -2.15. The van der Waals surface area contributed by atoms with Crippen molar-refractivity contribution < 1.29 is 9.53 Å². The number of hydrogen-bond acceptors (Lipinski definition) is 5. The molecule has 0 saturated heterocycles. The zero-order valence-electron chi connectivity index (χ0n) is 12.3. The van der Waals surface area contributed by atoms with Gasteiger partial charge >= 0.3 is 0 Å². The molecule has 0 saturated carbocycles. The first-order valence-electron chi connectivity index (χ1n) is 6.51. The highest BCUT2D eigenvalue weighted by Crippen LogP contribution is 2.25. The van der Waals surface area contributed by atoms with E-state index in [1.807, 2.05) is 37.4 Å². The van der Waals surface area contributed by atoms with Gasteiger partial charge in [0.25, 0.3) is 0 Å². The Labute approximate surface area is 132 Å². The molecule has 2 aromatic rings. The van der Waals surface area contributed by atoms with E-state index in [0.717, 1.165) is 22.0 Å². The van der Waals surface area contributed by atoms with Crippen molar-refractivity contribution >= 4 is 34.7 Å². The highest BCUT2D eigenvalue weighted by Gasteiger charge is 2.08. The monoisotopic (exact) mass is 322 g/mol. The summed E-state index contributed by atoms with van der Waals surface area (Å²) in [5.41, 5.74) is 2.83. The fraction of sp³-hybridized carbons (Fsp3) is 0.333. The summed E-state index contributed by atoms with van der Waals surface area (Å²) in [5.74, 6) is 1.79. The summed E-state index contributed by atoms with van der Waals surface area (Å²) in [6, 6.07) is 5.72. The average molecular weight is 322 g/mol. The molecule has 0 unspecified atom stereocenters. The van der Waals surface area contributed by atoms with Gasteiger partial charge in [-0.25, -0.2) is 4.98 Å². The first kappa shape index (κ1) is 15.9. The molecule has 1 aromatic heterocycles. The predicted molar refractivity (Wildman–Crippen MR) is 89.4 cm³/mol. The number of carbonyl (C=O) groups excluding carboxylic acids is 1. The third-order valence-corrected chi connectivity index (χ3v) is 4.57. The number of aromatic nitrogens is 1. The molecule has 0 aliphatic rings. The van der Waals surface area contributed by atoms with Crippen LogP contribution in [0.1, 0.15) is 16.3 Å². The summed E-state index contributed by atoms with van der Waals surface area (Å²) < 4.78 is 5.25. The summed E-state index contributed by atoms with van der Waals surface area (Å²) >= 11 is 3.19. The Morgan fingerprint density at radius 1 is 1.43 bits per heavy atom. The van der Waals surface area contributed by atoms with Crippen molar-refractivity contribution in [2.24, 2.45) is 0 Å². The number of nitrogens with zero attached hydrogens (tertiary/aromatic N) is 1. The van der Waals surface area contributed by atoms with Gasteiger partial charge < -0.3 is 10.1 Å². The molecule has 1 aromatic carbocycles. The molecule has 112 valence electrons. The molecule has 0 aliphatic carbocycles. The number of rotatable bonds is 6. The normalized spacial score (nSPS) is 10.4. The van der Waals surface area contributed by atoms with E-state index in [9.17, 15) is 4.79 Å². The number of anilines is 1. The molecule has 0 aliphatic heterocycles. The number of amides is 1. The van der Waals surface area contributed by atoms with Crippen LogP contribution in [0.15, 0.2) is 23.6 Å². The standard InChI is InChI=1S/C15H18N2O2S2/c1-10-4-5-14(19-3)13(6-10)17-15(18)9-20-7-12-8-21-11(2)16-12/h4-6,8H,7,9H2,1-3H3,(H,17,18). The lowest BCUT2D eigenvalue weighted by atomic mass is 10.2. The Morgan fingerprint density at radius 3 is 2.90 bits per heavy atom. The third kappa shape index (κ3) is 4.75. The van der Waals surface area contributed by atoms with Crippen molar-refractivity contribution in [1.29, 1.82) is 0 Å². The zero-order chi connectivity index (χ0) is 15.2. The lowest BCUT2D eigenvalue weighted by Gasteiger charge is -2.10. The van der Waals surface area contributed by atoms with Crippen LogP contribution in [0.5, 0.6) is 5.75 Å². The van der Waals surface area contributed by atoms with Crippen LogP contribution in [0.2, 0.25) is 0 Å². The van der Waals surface area contributed by atoms with Gasteiger partial charge in [-0.3, -0.25) is 4.79 Å². The minimum absolute atomic E-state index is 0.0316. The number of ether oxygens (including phenoxy) is 1. The maximum atomic E-state index is 12.0. The Hall–Kier alpha value is -1.53. The van der Waals surface area contributed by atoms with E-state index >= 15 is 0 Å². The van der Waals surface area contributed by atoms with Gasteiger partial charge in [0, 0.05) is 11.1 Å². The van der Waals surface area contributed by atoms with Crippen LogP contribution in [-0.2, 0) is 10.5 Å². The smallest absolute Gasteiger partial charge is 0.234 e. The van der Waals surface area contributed by atoms with Crippen LogP contribution < -0.4 is 10.1 Å². The summed E-state index contributed by atoms with van der Waals surface area (Å²) in [6.07, 6.45) is 0. The molecule has 1 amide bonds. The van der Waals surface area contributed by atoms with Gasteiger partial charge in [0.05, 0.1) is 29.3 Å². The summed E-state index contributed by atoms with van der Waals surface area (Å²) in [5, 5.41) is 5.98. The van der Waals surface area contributed by atoms with E-state index in [-0.39, 0.29) is 5.91 Å². The molecule has 4 nitrogen and oxygen atoms in total. The number of thioether (sulfide) groups is 1. The lowest BCUT2D eigenvalue weighted by molar-refractivity contribution is -0.113.